The quantitative estimate of drug-likeness (QED) is 0.801. The van der Waals surface area contributed by atoms with Crippen molar-refractivity contribution in [2.45, 2.75) is 45.1 Å². The SMILES string of the molecule is C[C@@H](c1ccccc1F)N(C)C(=O)NCCCN1CCCCCC1=O. The highest BCUT2D eigenvalue weighted by Crippen LogP contribution is 2.21. The van der Waals surface area contributed by atoms with Crippen molar-refractivity contribution in [2.24, 2.45) is 0 Å². The van der Waals surface area contributed by atoms with Crippen LogP contribution in [0, 0.1) is 5.82 Å². The van der Waals surface area contributed by atoms with Gasteiger partial charge in [0.15, 0.2) is 0 Å². The summed E-state index contributed by atoms with van der Waals surface area (Å²) in [4.78, 5) is 27.6. The number of hydrogen-bond acceptors (Lipinski definition) is 2. The van der Waals surface area contributed by atoms with Gasteiger partial charge in [0.05, 0.1) is 6.04 Å². The molecule has 1 aromatic rings. The van der Waals surface area contributed by atoms with Crippen molar-refractivity contribution in [3.05, 3.63) is 35.6 Å². The number of benzene rings is 1. The smallest absolute Gasteiger partial charge is 0.317 e. The molecule has 1 fully saturated rings. The monoisotopic (exact) mass is 349 g/mol. The number of hydrogen-bond donors (Lipinski definition) is 1. The van der Waals surface area contributed by atoms with Crippen molar-refractivity contribution >= 4 is 11.9 Å². The zero-order valence-corrected chi connectivity index (χ0v) is 15.1. The lowest BCUT2D eigenvalue weighted by Crippen LogP contribution is -2.40. The molecular formula is C19H28FN3O2. The van der Waals surface area contributed by atoms with Gasteiger partial charge in [-0.05, 0) is 32.3 Å². The van der Waals surface area contributed by atoms with E-state index in [0.29, 0.717) is 25.1 Å². The Balaban J connectivity index is 1.76. The average Bonchev–Trinajstić information content (AvgIpc) is 2.82. The van der Waals surface area contributed by atoms with Gasteiger partial charge in [-0.1, -0.05) is 24.6 Å². The van der Waals surface area contributed by atoms with E-state index >= 15 is 0 Å². The van der Waals surface area contributed by atoms with Crippen LogP contribution < -0.4 is 5.32 Å². The molecule has 0 aromatic heterocycles. The van der Waals surface area contributed by atoms with E-state index in [2.05, 4.69) is 5.32 Å². The molecule has 0 unspecified atom stereocenters. The van der Waals surface area contributed by atoms with Crippen LogP contribution in [0.3, 0.4) is 0 Å². The van der Waals surface area contributed by atoms with Gasteiger partial charge in [0.1, 0.15) is 5.82 Å². The van der Waals surface area contributed by atoms with Gasteiger partial charge in [0.25, 0.3) is 0 Å². The Labute approximate surface area is 149 Å². The molecule has 1 aromatic carbocycles. The number of nitrogens with zero attached hydrogens (tertiary/aromatic N) is 2. The molecule has 0 bridgehead atoms. The molecule has 1 aliphatic heterocycles. The summed E-state index contributed by atoms with van der Waals surface area (Å²) < 4.78 is 13.9. The number of nitrogens with one attached hydrogen (secondary N) is 1. The van der Waals surface area contributed by atoms with Gasteiger partial charge < -0.3 is 15.1 Å². The molecular weight excluding hydrogens is 321 g/mol. The Hall–Kier alpha value is -2.11. The number of carbonyl (C=O) groups excluding carboxylic acids is 2. The lowest BCUT2D eigenvalue weighted by molar-refractivity contribution is -0.130. The standard InChI is InChI=1S/C19H28FN3O2/c1-15(16-9-5-6-10-17(16)20)22(2)19(25)21-12-8-14-23-13-7-3-4-11-18(23)24/h5-6,9-10,15H,3-4,7-8,11-14H2,1-2H3,(H,21,25)/t15-/m0/s1. The molecule has 1 saturated heterocycles. The van der Waals surface area contributed by atoms with E-state index in [1.54, 1.807) is 32.2 Å². The molecule has 1 atom stereocenters. The number of amides is 3. The molecule has 6 heteroatoms. The van der Waals surface area contributed by atoms with E-state index in [1.807, 2.05) is 4.90 Å². The van der Waals surface area contributed by atoms with Crippen LogP contribution in [0.1, 0.15) is 50.6 Å². The number of rotatable bonds is 6. The van der Waals surface area contributed by atoms with Crippen LogP contribution in [0.25, 0.3) is 0 Å². The van der Waals surface area contributed by atoms with Crippen LogP contribution in [0.4, 0.5) is 9.18 Å². The fourth-order valence-electron chi connectivity index (χ4n) is 3.06. The molecule has 5 nitrogen and oxygen atoms in total. The zero-order valence-electron chi connectivity index (χ0n) is 15.1. The van der Waals surface area contributed by atoms with Crippen molar-refractivity contribution in [3.8, 4) is 0 Å². The normalized spacial score (nSPS) is 16.3. The number of likely N-dealkylation sites (tertiary alicyclic amines) is 1. The Bertz CT molecular complexity index is 594. The zero-order chi connectivity index (χ0) is 18.2. The minimum atomic E-state index is -0.353. The minimum absolute atomic E-state index is 0.217. The predicted octanol–water partition coefficient (Wildman–Crippen LogP) is 3.32. The lowest BCUT2D eigenvalue weighted by Gasteiger charge is -2.26. The summed E-state index contributed by atoms with van der Waals surface area (Å²) in [6.07, 6.45) is 4.50. The summed E-state index contributed by atoms with van der Waals surface area (Å²) in [7, 11) is 1.66. The van der Waals surface area contributed by atoms with Crippen molar-refractivity contribution in [3.63, 3.8) is 0 Å². The third kappa shape index (κ3) is 5.44. The van der Waals surface area contributed by atoms with E-state index in [0.717, 1.165) is 32.2 Å². The molecule has 3 amide bonds. The van der Waals surface area contributed by atoms with Gasteiger partial charge in [0, 0.05) is 38.7 Å². The molecule has 0 radical (unpaired) electrons. The minimum Gasteiger partial charge on any atom is -0.343 e. The van der Waals surface area contributed by atoms with Gasteiger partial charge in [-0.15, -0.1) is 0 Å². The lowest BCUT2D eigenvalue weighted by atomic mass is 10.1. The molecule has 2 rings (SSSR count). The van der Waals surface area contributed by atoms with Crippen molar-refractivity contribution in [1.82, 2.24) is 15.1 Å². The first-order valence-electron chi connectivity index (χ1n) is 9.03. The van der Waals surface area contributed by atoms with Crippen LogP contribution in [-0.2, 0) is 4.79 Å². The van der Waals surface area contributed by atoms with Gasteiger partial charge in [-0.2, -0.15) is 0 Å². The highest BCUT2D eigenvalue weighted by molar-refractivity contribution is 5.76. The second-order valence-corrected chi connectivity index (χ2v) is 6.59. The van der Waals surface area contributed by atoms with E-state index in [4.69, 9.17) is 0 Å². The van der Waals surface area contributed by atoms with Crippen LogP contribution in [0.2, 0.25) is 0 Å². The van der Waals surface area contributed by atoms with Gasteiger partial charge in [-0.3, -0.25) is 4.79 Å². The summed E-state index contributed by atoms with van der Waals surface area (Å²) in [5.41, 5.74) is 0.496. The molecule has 1 N–H and O–H groups in total. The second-order valence-electron chi connectivity index (χ2n) is 6.59. The van der Waals surface area contributed by atoms with Crippen LogP contribution in [0.15, 0.2) is 24.3 Å². The number of carbonyl (C=O) groups is 2. The predicted molar refractivity (Wildman–Crippen MR) is 95.6 cm³/mol. The Morgan fingerprint density at radius 2 is 2.08 bits per heavy atom. The molecule has 1 aliphatic rings. The van der Waals surface area contributed by atoms with Gasteiger partial charge in [0.2, 0.25) is 5.91 Å². The first-order chi connectivity index (χ1) is 12.0. The summed E-state index contributed by atoms with van der Waals surface area (Å²) in [6.45, 7) is 3.79. The average molecular weight is 349 g/mol. The van der Waals surface area contributed by atoms with Crippen LogP contribution in [0.5, 0.6) is 0 Å². The van der Waals surface area contributed by atoms with E-state index < -0.39 is 0 Å². The first-order valence-corrected chi connectivity index (χ1v) is 9.03. The van der Waals surface area contributed by atoms with E-state index in [1.165, 1.54) is 11.0 Å². The third-order valence-corrected chi connectivity index (χ3v) is 4.81. The molecule has 0 spiro atoms. The van der Waals surface area contributed by atoms with Crippen molar-refractivity contribution in [1.29, 1.82) is 0 Å². The molecule has 25 heavy (non-hydrogen) atoms. The molecule has 0 saturated carbocycles. The summed E-state index contributed by atoms with van der Waals surface area (Å²) in [5.74, 6) is -0.0940. The summed E-state index contributed by atoms with van der Waals surface area (Å²) in [6, 6.07) is 5.89. The Morgan fingerprint density at radius 3 is 2.84 bits per heavy atom. The second kappa shape index (κ2) is 9.39. The van der Waals surface area contributed by atoms with Crippen molar-refractivity contribution < 1.29 is 14.0 Å². The maximum Gasteiger partial charge on any atom is 0.317 e. The highest BCUT2D eigenvalue weighted by atomic mass is 19.1. The largest absolute Gasteiger partial charge is 0.343 e. The van der Waals surface area contributed by atoms with Crippen LogP contribution in [-0.4, -0.2) is 48.4 Å². The molecule has 0 aliphatic carbocycles. The third-order valence-electron chi connectivity index (χ3n) is 4.81. The van der Waals surface area contributed by atoms with Gasteiger partial charge in [-0.25, -0.2) is 9.18 Å². The van der Waals surface area contributed by atoms with E-state index in [9.17, 15) is 14.0 Å². The Kier molecular flexibility index (Phi) is 7.22. The fourth-order valence-corrected chi connectivity index (χ4v) is 3.06. The van der Waals surface area contributed by atoms with E-state index in [-0.39, 0.29) is 23.8 Å². The number of urea groups is 1. The highest BCUT2D eigenvalue weighted by Gasteiger charge is 2.20. The molecule has 1 heterocycles. The van der Waals surface area contributed by atoms with Crippen LogP contribution >= 0.6 is 0 Å². The molecule has 138 valence electrons. The van der Waals surface area contributed by atoms with Gasteiger partial charge >= 0.3 is 6.03 Å². The summed E-state index contributed by atoms with van der Waals surface area (Å²) in [5, 5.41) is 2.85. The summed E-state index contributed by atoms with van der Waals surface area (Å²) >= 11 is 0. The maximum absolute atomic E-state index is 13.9. The maximum atomic E-state index is 13.9. The first kappa shape index (κ1) is 19.2. The fraction of sp³-hybridized carbons (Fsp3) is 0.579. The number of halogens is 1. The topological polar surface area (TPSA) is 52.7 Å². The van der Waals surface area contributed by atoms with Crippen molar-refractivity contribution in [2.75, 3.05) is 26.7 Å². The Morgan fingerprint density at radius 1 is 1.32 bits per heavy atom.